The van der Waals surface area contributed by atoms with Crippen LogP contribution in [-0.4, -0.2) is 27.6 Å². The van der Waals surface area contributed by atoms with Crippen LogP contribution in [0.4, 0.5) is 10.1 Å². The molecule has 6 rings (SSSR count). The van der Waals surface area contributed by atoms with E-state index in [1.165, 1.54) is 12.1 Å². The number of aromatic nitrogens is 2. The van der Waals surface area contributed by atoms with Crippen molar-refractivity contribution in [3.8, 4) is 5.69 Å². The van der Waals surface area contributed by atoms with Gasteiger partial charge < -0.3 is 10.2 Å². The molecule has 2 aliphatic rings. The van der Waals surface area contributed by atoms with E-state index in [-0.39, 0.29) is 36.0 Å². The number of nitrogens with zero attached hydrogens (tertiary/aromatic N) is 3. The monoisotopic (exact) mass is 468 g/mol. The Morgan fingerprint density at radius 1 is 1.03 bits per heavy atom. The van der Waals surface area contributed by atoms with Crippen LogP contribution in [0.2, 0.25) is 0 Å². The van der Waals surface area contributed by atoms with Crippen LogP contribution in [0.5, 0.6) is 0 Å². The van der Waals surface area contributed by atoms with E-state index >= 15 is 0 Å². The molecule has 176 valence electrons. The van der Waals surface area contributed by atoms with Crippen molar-refractivity contribution in [2.45, 2.75) is 37.8 Å². The molecule has 1 aliphatic carbocycles. The highest BCUT2D eigenvalue weighted by Gasteiger charge is 2.52. The Labute approximate surface area is 202 Å². The van der Waals surface area contributed by atoms with Gasteiger partial charge in [0.1, 0.15) is 5.82 Å². The van der Waals surface area contributed by atoms with Crippen LogP contribution < -0.4 is 10.2 Å². The first kappa shape index (κ1) is 21.5. The number of rotatable bonds is 5. The highest BCUT2D eigenvalue weighted by molar-refractivity contribution is 6.01. The van der Waals surface area contributed by atoms with Crippen LogP contribution in [-0.2, 0) is 15.1 Å². The van der Waals surface area contributed by atoms with E-state index in [0.29, 0.717) is 0 Å². The molecular weight excluding hydrogens is 443 g/mol. The summed E-state index contributed by atoms with van der Waals surface area (Å²) in [4.78, 5) is 28.0. The van der Waals surface area contributed by atoms with Crippen molar-refractivity contribution in [2.24, 2.45) is 5.92 Å². The summed E-state index contributed by atoms with van der Waals surface area (Å²) in [6.45, 7) is 2.03. The van der Waals surface area contributed by atoms with Gasteiger partial charge in [-0.25, -0.2) is 9.07 Å². The Morgan fingerprint density at radius 2 is 1.74 bits per heavy atom. The lowest BCUT2D eigenvalue weighted by molar-refractivity contribution is -0.123. The highest BCUT2D eigenvalue weighted by atomic mass is 19.1. The van der Waals surface area contributed by atoms with E-state index < -0.39 is 5.54 Å². The molecule has 1 aromatic heterocycles. The third-order valence-electron chi connectivity index (χ3n) is 7.28. The van der Waals surface area contributed by atoms with Crippen LogP contribution in [0.25, 0.3) is 16.6 Å². The van der Waals surface area contributed by atoms with Gasteiger partial charge in [-0.2, -0.15) is 5.10 Å². The van der Waals surface area contributed by atoms with E-state index in [1.807, 2.05) is 60.4 Å². The summed E-state index contributed by atoms with van der Waals surface area (Å²) in [6, 6.07) is 21.5. The first-order chi connectivity index (χ1) is 16.9. The number of benzene rings is 3. The van der Waals surface area contributed by atoms with Crippen molar-refractivity contribution in [1.29, 1.82) is 0 Å². The normalized spacial score (nSPS) is 22.1. The molecule has 0 spiro atoms. The number of nitrogens with one attached hydrogen (secondary N) is 1. The topological polar surface area (TPSA) is 67.2 Å². The molecule has 1 saturated heterocycles. The maximum absolute atomic E-state index is 13.5. The molecule has 7 heteroatoms. The molecule has 2 heterocycles. The molecule has 1 aliphatic heterocycles. The van der Waals surface area contributed by atoms with Crippen LogP contribution in [0.15, 0.2) is 79.0 Å². The Kier molecular flexibility index (Phi) is 4.95. The second kappa shape index (κ2) is 8.05. The highest BCUT2D eigenvalue weighted by Crippen LogP contribution is 2.44. The van der Waals surface area contributed by atoms with E-state index in [2.05, 4.69) is 10.4 Å². The van der Waals surface area contributed by atoms with Crippen molar-refractivity contribution in [3.63, 3.8) is 0 Å². The third kappa shape index (κ3) is 3.58. The van der Waals surface area contributed by atoms with Gasteiger partial charge in [0.15, 0.2) is 0 Å². The third-order valence-corrected chi connectivity index (χ3v) is 7.28. The number of hydrogen-bond donors (Lipinski definition) is 1. The lowest BCUT2D eigenvalue weighted by atomic mass is 9.84. The maximum atomic E-state index is 13.5. The van der Waals surface area contributed by atoms with Gasteiger partial charge in [0, 0.05) is 17.0 Å². The van der Waals surface area contributed by atoms with E-state index in [9.17, 15) is 14.0 Å². The summed E-state index contributed by atoms with van der Waals surface area (Å²) in [6.07, 6.45) is 3.80. The number of anilines is 1. The van der Waals surface area contributed by atoms with Gasteiger partial charge in [-0.3, -0.25) is 9.59 Å². The Morgan fingerprint density at radius 3 is 2.46 bits per heavy atom. The summed E-state index contributed by atoms with van der Waals surface area (Å²) in [5.74, 6) is -0.248. The van der Waals surface area contributed by atoms with E-state index in [0.717, 1.165) is 40.7 Å². The standard InChI is InChI=1S/C28H25FN4O2/c1-28(20-5-3-2-4-6-20)25(31-27(35)18-7-8-18)16-26(34)32(28)23-13-14-24-19(15-23)17-30-33(24)22-11-9-21(29)10-12-22/h2-6,9-15,17-18,25H,7-8,16H2,1H3,(H,31,35)/t25-,28+/m0/s1. The molecule has 1 N–H and O–H groups in total. The van der Waals surface area contributed by atoms with Crippen molar-refractivity contribution in [3.05, 3.63) is 90.4 Å². The largest absolute Gasteiger partial charge is 0.350 e. The average molecular weight is 469 g/mol. The second-order valence-electron chi connectivity index (χ2n) is 9.56. The number of halogens is 1. The fourth-order valence-electron chi connectivity index (χ4n) is 5.17. The SMILES string of the molecule is C[C@@]1(c2ccccc2)[C@@H](NC(=O)C2CC2)CC(=O)N1c1ccc2c(cnn2-c2ccc(F)cc2)c1. The van der Waals surface area contributed by atoms with Gasteiger partial charge >= 0.3 is 0 Å². The first-order valence-corrected chi connectivity index (χ1v) is 11.9. The minimum Gasteiger partial charge on any atom is -0.350 e. The molecule has 1 saturated carbocycles. The molecule has 0 unspecified atom stereocenters. The van der Waals surface area contributed by atoms with Crippen LogP contribution in [0.1, 0.15) is 31.7 Å². The Bertz CT molecular complexity index is 1430. The number of amides is 2. The minimum absolute atomic E-state index is 0.0304. The Balaban J connectivity index is 1.42. The van der Waals surface area contributed by atoms with Crippen molar-refractivity contribution < 1.29 is 14.0 Å². The van der Waals surface area contributed by atoms with Crippen LogP contribution in [0, 0.1) is 11.7 Å². The molecule has 2 atom stereocenters. The minimum atomic E-state index is -0.747. The van der Waals surface area contributed by atoms with E-state index in [1.54, 1.807) is 23.0 Å². The summed E-state index contributed by atoms with van der Waals surface area (Å²) in [5.41, 5.74) is 2.57. The van der Waals surface area contributed by atoms with Gasteiger partial charge in [-0.1, -0.05) is 30.3 Å². The smallest absolute Gasteiger partial charge is 0.230 e. The summed E-state index contributed by atoms with van der Waals surface area (Å²) in [5, 5.41) is 8.53. The zero-order chi connectivity index (χ0) is 24.2. The average Bonchev–Trinajstić information content (AvgIpc) is 3.59. The van der Waals surface area contributed by atoms with Crippen molar-refractivity contribution in [1.82, 2.24) is 15.1 Å². The molecule has 4 aromatic rings. The zero-order valence-electron chi connectivity index (χ0n) is 19.3. The molecule has 2 amide bonds. The quantitative estimate of drug-likeness (QED) is 0.461. The number of fused-ring (bicyclic) bond motifs is 1. The molecule has 0 radical (unpaired) electrons. The molecular formula is C28H25FN4O2. The maximum Gasteiger partial charge on any atom is 0.230 e. The van der Waals surface area contributed by atoms with Crippen molar-refractivity contribution in [2.75, 3.05) is 4.90 Å². The Hall–Kier alpha value is -4.00. The predicted molar refractivity (Wildman–Crippen MR) is 132 cm³/mol. The van der Waals surface area contributed by atoms with Gasteiger partial charge in [0.05, 0.1) is 35.4 Å². The summed E-state index contributed by atoms with van der Waals surface area (Å²) >= 11 is 0. The van der Waals surface area contributed by atoms with Crippen LogP contribution >= 0.6 is 0 Å². The fraction of sp³-hybridized carbons (Fsp3) is 0.250. The van der Waals surface area contributed by atoms with Gasteiger partial charge in [-0.15, -0.1) is 0 Å². The van der Waals surface area contributed by atoms with Crippen LogP contribution in [0.3, 0.4) is 0 Å². The number of carbonyl (C=O) groups excluding carboxylic acids is 2. The number of hydrogen-bond acceptors (Lipinski definition) is 3. The molecule has 0 bridgehead atoms. The number of carbonyl (C=O) groups is 2. The van der Waals surface area contributed by atoms with Crippen molar-refractivity contribution >= 4 is 28.4 Å². The lowest BCUT2D eigenvalue weighted by Crippen LogP contribution is -2.53. The van der Waals surface area contributed by atoms with Gasteiger partial charge in [0.2, 0.25) is 11.8 Å². The summed E-state index contributed by atoms with van der Waals surface area (Å²) < 4.78 is 15.1. The summed E-state index contributed by atoms with van der Waals surface area (Å²) in [7, 11) is 0. The van der Waals surface area contributed by atoms with Gasteiger partial charge in [-0.05, 0) is 67.8 Å². The second-order valence-corrected chi connectivity index (χ2v) is 9.56. The molecule has 2 fully saturated rings. The lowest BCUT2D eigenvalue weighted by Gasteiger charge is -2.40. The molecule has 6 nitrogen and oxygen atoms in total. The van der Waals surface area contributed by atoms with Gasteiger partial charge in [0.25, 0.3) is 0 Å². The predicted octanol–water partition coefficient (Wildman–Crippen LogP) is 4.71. The fourth-order valence-corrected chi connectivity index (χ4v) is 5.17. The first-order valence-electron chi connectivity index (χ1n) is 11.9. The molecule has 3 aromatic carbocycles. The zero-order valence-corrected chi connectivity index (χ0v) is 19.3. The van der Waals surface area contributed by atoms with E-state index in [4.69, 9.17) is 0 Å². The molecule has 35 heavy (non-hydrogen) atoms.